The quantitative estimate of drug-likeness (QED) is 0.452. The smallest absolute Gasteiger partial charge is 0.410 e. The number of benzene rings is 1. The Morgan fingerprint density at radius 1 is 1.26 bits per heavy atom. The molecule has 1 aliphatic heterocycles. The summed E-state index contributed by atoms with van der Waals surface area (Å²) in [7, 11) is -2.04. The lowest BCUT2D eigenvalue weighted by Gasteiger charge is -2.39. The van der Waals surface area contributed by atoms with Crippen molar-refractivity contribution in [3.63, 3.8) is 0 Å². The number of nitrogens with zero attached hydrogens (tertiary/aromatic N) is 4. The van der Waals surface area contributed by atoms with Gasteiger partial charge in [-0.1, -0.05) is 44.5 Å². The van der Waals surface area contributed by atoms with Gasteiger partial charge in [0, 0.05) is 17.1 Å². The maximum atomic E-state index is 13.0. The molecule has 184 valence electrons. The number of halogens is 1. The third-order valence-electron chi connectivity index (χ3n) is 6.43. The highest BCUT2D eigenvalue weighted by molar-refractivity contribution is 6.74. The second-order valence-corrected chi connectivity index (χ2v) is 16.6. The van der Waals surface area contributed by atoms with Gasteiger partial charge < -0.3 is 14.1 Å². The Hall–Kier alpha value is -2.34. The number of amides is 1. The van der Waals surface area contributed by atoms with E-state index in [-0.39, 0.29) is 17.6 Å². The third kappa shape index (κ3) is 5.65. The summed E-state index contributed by atoms with van der Waals surface area (Å²) in [4.78, 5) is 14.6. The maximum absolute atomic E-state index is 13.0. The highest BCUT2D eigenvalue weighted by Gasteiger charge is 2.40. The van der Waals surface area contributed by atoms with Crippen molar-refractivity contribution < 1.29 is 14.0 Å². The molecular weight excluding hydrogens is 468 g/mol. The summed E-state index contributed by atoms with van der Waals surface area (Å²) < 4.78 is 14.0. The first-order valence-corrected chi connectivity index (χ1v) is 14.8. The lowest BCUT2D eigenvalue weighted by molar-refractivity contribution is 0.0132. The fourth-order valence-corrected chi connectivity index (χ4v) is 4.80. The number of rotatable bonds is 4. The molecule has 3 rings (SSSR count). The highest BCUT2D eigenvalue weighted by atomic mass is 35.5. The summed E-state index contributed by atoms with van der Waals surface area (Å²) in [5, 5.41) is 15.5. The van der Waals surface area contributed by atoms with Gasteiger partial charge in [0.25, 0.3) is 0 Å². The van der Waals surface area contributed by atoms with Crippen LogP contribution < -0.4 is 0 Å². The Morgan fingerprint density at radius 3 is 2.50 bits per heavy atom. The molecule has 1 unspecified atom stereocenters. The van der Waals surface area contributed by atoms with Gasteiger partial charge in [0.15, 0.2) is 8.32 Å². The second-order valence-electron chi connectivity index (χ2n) is 11.3. The van der Waals surface area contributed by atoms with Gasteiger partial charge >= 0.3 is 6.09 Å². The maximum Gasteiger partial charge on any atom is 0.410 e. The fourth-order valence-electron chi connectivity index (χ4n) is 3.57. The number of hydrogen-bond donors (Lipinski definition) is 0. The summed E-state index contributed by atoms with van der Waals surface area (Å²) in [6.07, 6.45) is -0.412. The Labute approximate surface area is 208 Å². The van der Waals surface area contributed by atoms with Gasteiger partial charge in [0.05, 0.1) is 24.9 Å². The molecule has 1 aromatic carbocycles. The van der Waals surface area contributed by atoms with Crippen LogP contribution in [-0.2, 0) is 15.7 Å². The molecule has 34 heavy (non-hydrogen) atoms. The number of aromatic nitrogens is 2. The lowest BCUT2D eigenvalue weighted by Crippen LogP contribution is -2.47. The van der Waals surface area contributed by atoms with Crippen molar-refractivity contribution in [3.8, 4) is 17.3 Å². The van der Waals surface area contributed by atoms with E-state index in [9.17, 15) is 10.1 Å². The van der Waals surface area contributed by atoms with Crippen molar-refractivity contribution >= 4 is 26.0 Å². The number of carbonyl (C=O) groups excluding carboxylic acids is 1. The normalized spacial score (nSPS) is 16.7. The fraction of sp³-hybridized carbons (Fsp3) is 0.560. The van der Waals surface area contributed by atoms with E-state index in [0.29, 0.717) is 35.1 Å². The largest absolute Gasteiger partial charge is 0.444 e. The molecule has 0 N–H and O–H groups in total. The Bertz CT molecular complexity index is 1110. The number of nitriles is 1. The Morgan fingerprint density at radius 2 is 1.94 bits per heavy atom. The summed E-state index contributed by atoms with van der Waals surface area (Å²) in [6.45, 7) is 17.5. The SMILES string of the molecule is CC(C)(C)OC(=O)N1Cc2c(C#N)c(-c3cccc(Cl)c3)nn2C(CO[Si](C)(C)C(C)(C)C)C1. The standard InChI is InChI=1S/C25H35ClN4O3Si/c1-24(2,3)33-23(31)29-14-19(16-32-34(7,8)25(4,5)6)30-21(15-29)20(13-27)22(28-30)17-10-9-11-18(26)12-17/h9-12,19H,14-16H2,1-8H3. The third-order valence-corrected chi connectivity index (χ3v) is 11.2. The van der Waals surface area contributed by atoms with E-state index in [1.807, 2.05) is 37.6 Å². The van der Waals surface area contributed by atoms with E-state index in [1.54, 1.807) is 17.0 Å². The number of fused-ring (bicyclic) bond motifs is 1. The monoisotopic (exact) mass is 502 g/mol. The van der Waals surface area contributed by atoms with Crippen molar-refractivity contribution in [3.05, 3.63) is 40.5 Å². The van der Waals surface area contributed by atoms with E-state index < -0.39 is 20.0 Å². The zero-order valence-electron chi connectivity index (χ0n) is 21.4. The zero-order chi connectivity index (χ0) is 25.5. The minimum absolute atomic E-state index is 0.0449. The van der Waals surface area contributed by atoms with E-state index in [4.69, 9.17) is 25.9 Å². The summed E-state index contributed by atoms with van der Waals surface area (Å²) >= 11 is 6.21. The van der Waals surface area contributed by atoms with E-state index in [1.165, 1.54) is 0 Å². The van der Waals surface area contributed by atoms with Gasteiger partial charge in [0.2, 0.25) is 0 Å². The molecule has 9 heteroatoms. The molecule has 1 amide bonds. The van der Waals surface area contributed by atoms with Crippen molar-refractivity contribution in [2.75, 3.05) is 13.2 Å². The first-order chi connectivity index (χ1) is 15.6. The van der Waals surface area contributed by atoms with Gasteiger partial charge in [0.1, 0.15) is 22.9 Å². The Balaban J connectivity index is 2.04. The van der Waals surface area contributed by atoms with Crippen molar-refractivity contribution in [2.24, 2.45) is 0 Å². The summed E-state index contributed by atoms with van der Waals surface area (Å²) in [6, 6.07) is 9.36. The number of ether oxygens (including phenoxy) is 1. The van der Waals surface area contributed by atoms with Crippen LogP contribution in [0.2, 0.25) is 23.2 Å². The first-order valence-electron chi connectivity index (χ1n) is 11.5. The zero-order valence-corrected chi connectivity index (χ0v) is 23.2. The van der Waals surface area contributed by atoms with Crippen LogP contribution >= 0.6 is 11.6 Å². The van der Waals surface area contributed by atoms with Crippen LogP contribution in [0.5, 0.6) is 0 Å². The van der Waals surface area contributed by atoms with Crippen LogP contribution in [0.3, 0.4) is 0 Å². The molecule has 1 atom stereocenters. The molecule has 0 saturated carbocycles. The molecule has 0 saturated heterocycles. The lowest BCUT2D eigenvalue weighted by atomic mass is 10.1. The molecule has 0 spiro atoms. The van der Waals surface area contributed by atoms with Crippen LogP contribution in [0.4, 0.5) is 4.79 Å². The van der Waals surface area contributed by atoms with Crippen molar-refractivity contribution in [1.82, 2.24) is 14.7 Å². The van der Waals surface area contributed by atoms with Crippen LogP contribution in [0.25, 0.3) is 11.3 Å². The van der Waals surface area contributed by atoms with Gasteiger partial charge in [-0.25, -0.2) is 4.79 Å². The van der Waals surface area contributed by atoms with E-state index in [2.05, 4.69) is 39.9 Å². The van der Waals surface area contributed by atoms with Gasteiger partial charge in [-0.05, 0) is 51.0 Å². The van der Waals surface area contributed by atoms with Crippen molar-refractivity contribution in [1.29, 1.82) is 5.26 Å². The molecule has 0 bridgehead atoms. The molecule has 7 nitrogen and oxygen atoms in total. The second kappa shape index (κ2) is 9.37. The topological polar surface area (TPSA) is 80.4 Å². The molecule has 1 aliphatic rings. The minimum Gasteiger partial charge on any atom is -0.444 e. The summed E-state index contributed by atoms with van der Waals surface area (Å²) in [5.74, 6) is 0. The van der Waals surface area contributed by atoms with Gasteiger partial charge in [-0.3, -0.25) is 4.68 Å². The van der Waals surface area contributed by atoms with Gasteiger partial charge in [-0.15, -0.1) is 0 Å². The van der Waals surface area contributed by atoms with Crippen LogP contribution in [0.1, 0.15) is 58.8 Å². The molecule has 0 aliphatic carbocycles. The van der Waals surface area contributed by atoms with Crippen LogP contribution in [0, 0.1) is 11.3 Å². The predicted molar refractivity (Wildman–Crippen MR) is 136 cm³/mol. The van der Waals surface area contributed by atoms with Gasteiger partial charge in [-0.2, -0.15) is 10.4 Å². The molecule has 0 fully saturated rings. The molecule has 1 aromatic heterocycles. The Kier molecular flexibility index (Phi) is 7.23. The number of carbonyl (C=O) groups is 1. The van der Waals surface area contributed by atoms with E-state index in [0.717, 1.165) is 5.56 Å². The molecule has 0 radical (unpaired) electrons. The molecule has 2 aromatic rings. The minimum atomic E-state index is -2.04. The highest BCUT2D eigenvalue weighted by Crippen LogP contribution is 2.38. The number of hydrogen-bond acceptors (Lipinski definition) is 5. The molecular formula is C25H35ClN4O3Si. The van der Waals surface area contributed by atoms with E-state index >= 15 is 0 Å². The predicted octanol–water partition coefficient (Wildman–Crippen LogP) is 6.39. The summed E-state index contributed by atoms with van der Waals surface area (Å²) in [5.41, 5.74) is 1.82. The first kappa shape index (κ1) is 26.3. The van der Waals surface area contributed by atoms with Crippen LogP contribution in [0.15, 0.2) is 24.3 Å². The average molecular weight is 503 g/mol. The van der Waals surface area contributed by atoms with Crippen molar-refractivity contribution in [2.45, 2.75) is 77.9 Å². The molecule has 2 heterocycles. The average Bonchev–Trinajstić information content (AvgIpc) is 3.08. The van der Waals surface area contributed by atoms with Crippen LogP contribution in [-0.4, -0.2) is 47.8 Å².